The fourth-order valence-electron chi connectivity index (χ4n) is 5.47. The lowest BCUT2D eigenvalue weighted by molar-refractivity contribution is -0.135. The van der Waals surface area contributed by atoms with Crippen molar-refractivity contribution in [2.45, 2.75) is 37.8 Å². The van der Waals surface area contributed by atoms with E-state index in [2.05, 4.69) is 15.5 Å². The van der Waals surface area contributed by atoms with E-state index in [0.29, 0.717) is 30.6 Å². The first-order valence-electron chi connectivity index (χ1n) is 11.3. The van der Waals surface area contributed by atoms with Crippen LogP contribution in [-0.4, -0.2) is 78.6 Å². The molecule has 2 saturated heterocycles. The quantitative estimate of drug-likeness (QED) is 0.653. The van der Waals surface area contributed by atoms with Gasteiger partial charge in [0.15, 0.2) is 0 Å². The molecule has 31 heavy (non-hydrogen) atoms. The van der Waals surface area contributed by atoms with Gasteiger partial charge in [-0.3, -0.25) is 9.59 Å². The van der Waals surface area contributed by atoms with Crippen molar-refractivity contribution in [2.24, 2.45) is 17.8 Å². The fraction of sp³-hybridized carbons (Fsp3) is 0.652. The number of likely N-dealkylation sites (N-methyl/N-ethyl adjacent to an activating group) is 1. The highest BCUT2D eigenvalue weighted by molar-refractivity contribution is 5.81. The van der Waals surface area contributed by atoms with Crippen molar-refractivity contribution in [3.8, 4) is 0 Å². The minimum atomic E-state index is -0.310. The average Bonchev–Trinajstić information content (AvgIpc) is 3.20. The molecule has 3 aliphatic rings. The lowest BCUT2D eigenvalue weighted by Gasteiger charge is -2.25. The number of carbonyl (C=O) groups is 2. The molecule has 8 heteroatoms. The number of hydrogen-bond donors (Lipinski definition) is 3. The number of hydrogen-bond acceptors (Lipinski definition) is 5. The molecule has 170 valence electrons. The number of aliphatic hydroxyl groups excluding tert-OH is 1. The molecule has 0 radical (unpaired) electrons. The summed E-state index contributed by atoms with van der Waals surface area (Å²) >= 11 is 0. The third-order valence-corrected chi connectivity index (χ3v) is 6.98. The van der Waals surface area contributed by atoms with Gasteiger partial charge in [0.05, 0.1) is 18.6 Å². The van der Waals surface area contributed by atoms with Crippen LogP contribution in [0.1, 0.15) is 25.7 Å². The van der Waals surface area contributed by atoms with Crippen LogP contribution in [0.4, 0.5) is 10.1 Å². The Bertz CT molecular complexity index is 776. The van der Waals surface area contributed by atoms with Gasteiger partial charge in [0.25, 0.3) is 0 Å². The predicted molar refractivity (Wildman–Crippen MR) is 116 cm³/mol. The zero-order valence-corrected chi connectivity index (χ0v) is 18.1. The van der Waals surface area contributed by atoms with E-state index in [-0.39, 0.29) is 42.2 Å². The molecule has 4 rings (SSSR count). The van der Waals surface area contributed by atoms with Crippen molar-refractivity contribution in [3.63, 3.8) is 0 Å². The molecule has 1 aromatic carbocycles. The molecule has 1 aliphatic carbocycles. The molecule has 2 heterocycles. The van der Waals surface area contributed by atoms with E-state index in [1.807, 2.05) is 11.9 Å². The van der Waals surface area contributed by atoms with E-state index in [4.69, 9.17) is 0 Å². The van der Waals surface area contributed by atoms with Crippen molar-refractivity contribution in [1.29, 1.82) is 0 Å². The third kappa shape index (κ3) is 5.54. The molecule has 5 atom stereocenters. The van der Waals surface area contributed by atoms with Gasteiger partial charge in [-0.2, -0.15) is 0 Å². The number of amides is 2. The first-order chi connectivity index (χ1) is 14.9. The summed E-state index contributed by atoms with van der Waals surface area (Å²) in [7, 11) is 2.00. The topological polar surface area (TPSA) is 84.9 Å². The Kier molecular flexibility index (Phi) is 6.77. The Morgan fingerprint density at radius 1 is 1.06 bits per heavy atom. The summed E-state index contributed by atoms with van der Waals surface area (Å²) in [5.41, 5.74) is 0.697. The number of fused-ring (bicyclic) bond motifs is 1. The maximum Gasteiger partial charge on any atom is 0.239 e. The summed E-state index contributed by atoms with van der Waals surface area (Å²) < 4.78 is 13.0. The first-order valence-corrected chi connectivity index (χ1v) is 11.3. The van der Waals surface area contributed by atoms with Crippen LogP contribution < -0.4 is 10.6 Å². The standard InChI is InChI=1S/C23H33FN4O3/c1-27-11-15(23(31)28-12-16-8-21(29)9-17(16)13-28)2-5-20(14-27)26-22(30)10-25-19-6-3-18(24)4-7-19/h3-4,6-7,15-17,20-21,25,29H,2,5,8-14H2,1H3,(H,26,30)/t15-,16-,17+,20+,21?/m1/s1. The smallest absolute Gasteiger partial charge is 0.239 e. The van der Waals surface area contributed by atoms with Gasteiger partial charge in [0.1, 0.15) is 5.82 Å². The van der Waals surface area contributed by atoms with Crippen LogP contribution in [0.3, 0.4) is 0 Å². The number of nitrogens with one attached hydrogen (secondary N) is 2. The van der Waals surface area contributed by atoms with Crippen molar-refractivity contribution in [2.75, 3.05) is 45.1 Å². The Morgan fingerprint density at radius 3 is 2.42 bits per heavy atom. The second-order valence-corrected chi connectivity index (χ2v) is 9.51. The third-order valence-electron chi connectivity index (χ3n) is 6.98. The second-order valence-electron chi connectivity index (χ2n) is 9.51. The molecule has 0 bridgehead atoms. The van der Waals surface area contributed by atoms with Crippen LogP contribution in [0.25, 0.3) is 0 Å². The van der Waals surface area contributed by atoms with Gasteiger partial charge in [-0.15, -0.1) is 0 Å². The van der Waals surface area contributed by atoms with Crippen molar-refractivity contribution >= 4 is 17.5 Å². The number of anilines is 1. The molecule has 1 unspecified atom stereocenters. The Labute approximate surface area is 183 Å². The van der Waals surface area contributed by atoms with Gasteiger partial charge in [-0.1, -0.05) is 0 Å². The number of nitrogens with zero attached hydrogens (tertiary/aromatic N) is 2. The van der Waals surface area contributed by atoms with E-state index >= 15 is 0 Å². The second kappa shape index (κ2) is 9.53. The van der Waals surface area contributed by atoms with Crippen molar-refractivity contribution < 1.29 is 19.1 Å². The maximum absolute atomic E-state index is 13.1. The number of likely N-dealkylation sites (tertiary alicyclic amines) is 2. The summed E-state index contributed by atoms with van der Waals surface area (Å²) in [5, 5.41) is 15.9. The molecule has 2 aliphatic heterocycles. The summed E-state index contributed by atoms with van der Waals surface area (Å²) in [6.07, 6.45) is 2.97. The fourth-order valence-corrected chi connectivity index (χ4v) is 5.47. The molecular weight excluding hydrogens is 399 g/mol. The molecule has 2 amide bonds. The van der Waals surface area contributed by atoms with E-state index in [1.165, 1.54) is 12.1 Å². The highest BCUT2D eigenvalue weighted by atomic mass is 19.1. The number of halogens is 1. The monoisotopic (exact) mass is 432 g/mol. The van der Waals surface area contributed by atoms with E-state index in [0.717, 1.165) is 38.8 Å². The van der Waals surface area contributed by atoms with E-state index < -0.39 is 0 Å². The van der Waals surface area contributed by atoms with Gasteiger partial charge >= 0.3 is 0 Å². The molecule has 0 aromatic heterocycles. The molecule has 3 N–H and O–H groups in total. The maximum atomic E-state index is 13.1. The molecular formula is C23H33FN4O3. The van der Waals surface area contributed by atoms with Crippen LogP contribution in [-0.2, 0) is 9.59 Å². The summed E-state index contributed by atoms with van der Waals surface area (Å²) in [6, 6.07) is 5.91. The van der Waals surface area contributed by atoms with Crippen molar-refractivity contribution in [1.82, 2.24) is 15.1 Å². The van der Waals surface area contributed by atoms with Crippen molar-refractivity contribution in [3.05, 3.63) is 30.1 Å². The molecule has 7 nitrogen and oxygen atoms in total. The highest BCUT2D eigenvalue weighted by Gasteiger charge is 2.43. The van der Waals surface area contributed by atoms with Crippen LogP contribution in [0.5, 0.6) is 0 Å². The molecule has 0 spiro atoms. The Balaban J connectivity index is 1.24. The lowest BCUT2D eigenvalue weighted by atomic mass is 10.00. The highest BCUT2D eigenvalue weighted by Crippen LogP contribution is 2.38. The predicted octanol–water partition coefficient (Wildman–Crippen LogP) is 1.29. The molecule has 3 fully saturated rings. The van der Waals surface area contributed by atoms with Gasteiger partial charge < -0.3 is 25.5 Å². The van der Waals surface area contributed by atoms with E-state index in [9.17, 15) is 19.1 Å². The minimum Gasteiger partial charge on any atom is -0.393 e. The Morgan fingerprint density at radius 2 is 1.74 bits per heavy atom. The van der Waals surface area contributed by atoms with Gasteiger partial charge in [-0.05, 0) is 68.8 Å². The zero-order chi connectivity index (χ0) is 22.0. The van der Waals surface area contributed by atoms with Crippen LogP contribution in [0.2, 0.25) is 0 Å². The summed E-state index contributed by atoms with van der Waals surface area (Å²) in [4.78, 5) is 29.6. The number of aliphatic hydroxyl groups is 1. The number of carbonyl (C=O) groups excluding carboxylic acids is 2. The van der Waals surface area contributed by atoms with Gasteiger partial charge in [0.2, 0.25) is 11.8 Å². The SMILES string of the molecule is CN1C[C@@H](NC(=O)CNc2ccc(F)cc2)CC[C@@H](C(=O)N2C[C@H]3CC(O)C[C@H]3C2)C1. The Hall–Kier alpha value is -2.19. The largest absolute Gasteiger partial charge is 0.393 e. The van der Waals surface area contributed by atoms with Gasteiger partial charge in [-0.25, -0.2) is 4.39 Å². The van der Waals surface area contributed by atoms with Crippen LogP contribution >= 0.6 is 0 Å². The summed E-state index contributed by atoms with van der Waals surface area (Å²) in [5.74, 6) is 0.647. The lowest BCUT2D eigenvalue weighted by Crippen LogP contribution is -2.44. The normalized spacial score (nSPS) is 31.2. The van der Waals surface area contributed by atoms with Crippen LogP contribution in [0.15, 0.2) is 24.3 Å². The average molecular weight is 433 g/mol. The minimum absolute atomic E-state index is 0.00146. The first kappa shape index (κ1) is 22.0. The number of rotatable bonds is 5. The summed E-state index contributed by atoms with van der Waals surface area (Å²) in [6.45, 7) is 3.08. The van der Waals surface area contributed by atoms with Gasteiger partial charge in [0, 0.05) is 37.9 Å². The van der Waals surface area contributed by atoms with E-state index in [1.54, 1.807) is 12.1 Å². The molecule has 1 aromatic rings. The molecule has 1 saturated carbocycles. The van der Waals surface area contributed by atoms with Crippen LogP contribution in [0, 0.1) is 23.6 Å². The zero-order valence-electron chi connectivity index (χ0n) is 18.1. The number of benzene rings is 1.